The second-order valence-electron chi connectivity index (χ2n) is 3.08. The van der Waals surface area contributed by atoms with Gasteiger partial charge in [-0.1, -0.05) is 11.2 Å². The second-order valence-corrected chi connectivity index (χ2v) is 3.08. The first kappa shape index (κ1) is 8.55. The molecule has 0 saturated heterocycles. The first-order valence-electron chi connectivity index (χ1n) is 4.14. The van der Waals surface area contributed by atoms with Crippen molar-refractivity contribution in [3.8, 4) is 0 Å². The van der Waals surface area contributed by atoms with Gasteiger partial charge >= 0.3 is 0 Å². The number of hydrogen-bond donors (Lipinski definition) is 2. The van der Waals surface area contributed by atoms with Crippen LogP contribution < -0.4 is 5.73 Å². The lowest BCUT2D eigenvalue weighted by Crippen LogP contribution is -2.12. The van der Waals surface area contributed by atoms with Crippen molar-refractivity contribution in [2.75, 3.05) is 0 Å². The summed E-state index contributed by atoms with van der Waals surface area (Å²) in [6.45, 7) is 1.98. The van der Waals surface area contributed by atoms with Crippen LogP contribution in [0.25, 0.3) is 5.52 Å². The lowest BCUT2D eigenvalue weighted by atomic mass is 10.2. The van der Waals surface area contributed by atoms with Gasteiger partial charge in [0, 0.05) is 6.20 Å². The molecule has 3 N–H and O–H groups in total. The van der Waals surface area contributed by atoms with Gasteiger partial charge in [0.15, 0.2) is 5.84 Å². The molecule has 2 rings (SSSR count). The number of nitrogens with two attached hydrogens (primary N) is 1. The molecule has 72 valence electrons. The van der Waals surface area contributed by atoms with E-state index in [0.717, 1.165) is 11.1 Å². The summed E-state index contributed by atoms with van der Waals surface area (Å²) < 4.78 is 1.70. The molecular formula is C9H10N4O. The van der Waals surface area contributed by atoms with Crippen LogP contribution in [0.1, 0.15) is 11.1 Å². The number of nitrogens with zero attached hydrogens (tertiary/aromatic N) is 3. The monoisotopic (exact) mass is 190 g/mol. The van der Waals surface area contributed by atoms with E-state index in [1.807, 2.05) is 25.3 Å². The number of rotatable bonds is 1. The lowest BCUT2D eigenvalue weighted by molar-refractivity contribution is 0.318. The van der Waals surface area contributed by atoms with Crippen molar-refractivity contribution in [2.45, 2.75) is 6.92 Å². The zero-order valence-corrected chi connectivity index (χ0v) is 7.68. The van der Waals surface area contributed by atoms with E-state index in [1.165, 1.54) is 0 Å². The lowest BCUT2D eigenvalue weighted by Gasteiger charge is -1.97. The molecule has 0 amide bonds. The van der Waals surface area contributed by atoms with Crippen molar-refractivity contribution < 1.29 is 5.21 Å². The van der Waals surface area contributed by atoms with Crippen molar-refractivity contribution in [3.05, 3.63) is 35.7 Å². The molecule has 0 aromatic carbocycles. The first-order chi connectivity index (χ1) is 6.72. The molecule has 0 radical (unpaired) electrons. The fraction of sp³-hybridized carbons (Fsp3) is 0.111. The maximum atomic E-state index is 8.55. The number of pyridine rings is 1. The molecule has 0 aliphatic heterocycles. The predicted octanol–water partition coefficient (Wildman–Crippen LogP) is 0.737. The van der Waals surface area contributed by atoms with Gasteiger partial charge in [0.2, 0.25) is 0 Å². The topological polar surface area (TPSA) is 75.9 Å². The van der Waals surface area contributed by atoms with E-state index in [2.05, 4.69) is 10.3 Å². The molecule has 2 aromatic heterocycles. The fourth-order valence-electron chi connectivity index (χ4n) is 1.34. The Morgan fingerprint density at radius 3 is 3.07 bits per heavy atom. The van der Waals surface area contributed by atoms with Gasteiger partial charge in [0.25, 0.3) is 0 Å². The highest BCUT2D eigenvalue weighted by atomic mass is 16.4. The van der Waals surface area contributed by atoms with Crippen molar-refractivity contribution >= 4 is 11.4 Å². The number of amidine groups is 1. The summed E-state index contributed by atoms with van der Waals surface area (Å²) in [5, 5.41) is 15.6. The molecule has 14 heavy (non-hydrogen) atoms. The Bertz CT molecular complexity index is 500. The van der Waals surface area contributed by atoms with Crippen molar-refractivity contribution in [3.63, 3.8) is 0 Å². The normalized spacial score (nSPS) is 12.2. The molecule has 5 heteroatoms. The summed E-state index contributed by atoms with van der Waals surface area (Å²) >= 11 is 0. The first-order valence-corrected chi connectivity index (χ1v) is 4.14. The largest absolute Gasteiger partial charge is 0.409 e. The molecule has 0 unspecified atom stereocenters. The van der Waals surface area contributed by atoms with Gasteiger partial charge in [0.1, 0.15) is 0 Å². The average Bonchev–Trinajstić information content (AvgIpc) is 2.59. The van der Waals surface area contributed by atoms with E-state index >= 15 is 0 Å². The fourth-order valence-corrected chi connectivity index (χ4v) is 1.34. The van der Waals surface area contributed by atoms with Crippen LogP contribution >= 0.6 is 0 Å². The number of hydrogen-bond acceptors (Lipinski definition) is 3. The highest BCUT2D eigenvalue weighted by Gasteiger charge is 2.07. The molecule has 5 nitrogen and oxygen atoms in total. The summed E-state index contributed by atoms with van der Waals surface area (Å²) in [5.41, 5.74) is 8.05. The zero-order valence-electron chi connectivity index (χ0n) is 7.68. The molecule has 0 fully saturated rings. The number of fused-ring (bicyclic) bond motifs is 1. The standard InChI is InChI=1S/C9H10N4O/c1-6-2-3-8-7(9(10)12-14)4-11-13(8)5-6/h2-5,14H,1H3,(H2,10,12). The number of oxime groups is 1. The Kier molecular flexibility index (Phi) is 1.85. The Labute approximate surface area is 80.5 Å². The highest BCUT2D eigenvalue weighted by Crippen LogP contribution is 2.10. The van der Waals surface area contributed by atoms with Crippen LogP contribution in [0, 0.1) is 6.92 Å². The van der Waals surface area contributed by atoms with Crippen LogP contribution in [0.4, 0.5) is 0 Å². The van der Waals surface area contributed by atoms with Crippen LogP contribution in [0.15, 0.2) is 29.7 Å². The SMILES string of the molecule is Cc1ccc2c(/C(N)=N\O)cnn2c1. The maximum absolute atomic E-state index is 8.55. The second kappa shape index (κ2) is 3.02. The minimum Gasteiger partial charge on any atom is -0.409 e. The minimum atomic E-state index is 0.0730. The van der Waals surface area contributed by atoms with E-state index in [0.29, 0.717) is 5.56 Å². The predicted molar refractivity (Wildman–Crippen MR) is 52.4 cm³/mol. The van der Waals surface area contributed by atoms with E-state index in [1.54, 1.807) is 10.7 Å². The van der Waals surface area contributed by atoms with Gasteiger partial charge in [-0.25, -0.2) is 4.52 Å². The van der Waals surface area contributed by atoms with Crippen molar-refractivity contribution in [1.82, 2.24) is 9.61 Å². The molecule has 0 atom stereocenters. The summed E-state index contributed by atoms with van der Waals surface area (Å²) in [4.78, 5) is 0. The molecule has 0 aliphatic carbocycles. The summed E-state index contributed by atoms with van der Waals surface area (Å²) in [7, 11) is 0. The van der Waals surface area contributed by atoms with Gasteiger partial charge in [-0.3, -0.25) is 0 Å². The van der Waals surface area contributed by atoms with Crippen LogP contribution in [0.3, 0.4) is 0 Å². The Balaban J connectivity index is 2.70. The Hall–Kier alpha value is -2.04. The van der Waals surface area contributed by atoms with E-state index in [4.69, 9.17) is 10.9 Å². The molecule has 0 saturated carbocycles. The van der Waals surface area contributed by atoms with Crippen molar-refractivity contribution in [1.29, 1.82) is 0 Å². The Morgan fingerprint density at radius 2 is 2.36 bits per heavy atom. The quantitative estimate of drug-likeness (QED) is 0.301. The zero-order chi connectivity index (χ0) is 10.1. The Morgan fingerprint density at radius 1 is 1.57 bits per heavy atom. The van der Waals surface area contributed by atoms with Gasteiger partial charge in [0.05, 0.1) is 17.3 Å². The molecule has 0 bridgehead atoms. The van der Waals surface area contributed by atoms with E-state index < -0.39 is 0 Å². The molecule has 0 spiro atoms. The van der Waals surface area contributed by atoms with Gasteiger partial charge in [-0.05, 0) is 18.6 Å². The smallest absolute Gasteiger partial charge is 0.173 e. The summed E-state index contributed by atoms with van der Waals surface area (Å²) in [6.07, 6.45) is 3.45. The average molecular weight is 190 g/mol. The molecular weight excluding hydrogens is 180 g/mol. The van der Waals surface area contributed by atoms with Crippen LogP contribution in [0.5, 0.6) is 0 Å². The summed E-state index contributed by atoms with van der Waals surface area (Å²) in [6, 6.07) is 3.83. The van der Waals surface area contributed by atoms with E-state index in [9.17, 15) is 0 Å². The van der Waals surface area contributed by atoms with Crippen LogP contribution in [-0.2, 0) is 0 Å². The number of aryl methyl sites for hydroxylation is 1. The maximum Gasteiger partial charge on any atom is 0.173 e. The molecule has 2 heterocycles. The third-order valence-electron chi connectivity index (χ3n) is 2.05. The van der Waals surface area contributed by atoms with Crippen LogP contribution in [0.2, 0.25) is 0 Å². The molecule has 0 aliphatic rings. The number of aromatic nitrogens is 2. The van der Waals surface area contributed by atoms with E-state index in [-0.39, 0.29) is 5.84 Å². The highest BCUT2D eigenvalue weighted by molar-refractivity contribution is 6.02. The molecule has 2 aromatic rings. The van der Waals surface area contributed by atoms with Gasteiger partial charge < -0.3 is 10.9 Å². The van der Waals surface area contributed by atoms with Gasteiger partial charge in [-0.2, -0.15) is 5.10 Å². The van der Waals surface area contributed by atoms with Crippen molar-refractivity contribution in [2.24, 2.45) is 10.9 Å². The van der Waals surface area contributed by atoms with Crippen LogP contribution in [-0.4, -0.2) is 20.7 Å². The minimum absolute atomic E-state index is 0.0730. The third-order valence-corrected chi connectivity index (χ3v) is 2.05. The van der Waals surface area contributed by atoms with Gasteiger partial charge in [-0.15, -0.1) is 0 Å². The summed E-state index contributed by atoms with van der Waals surface area (Å²) in [5.74, 6) is 0.0730. The third kappa shape index (κ3) is 1.19.